The van der Waals surface area contributed by atoms with Crippen LogP contribution in [0.15, 0.2) is 48.5 Å². The molecule has 2 N–H and O–H groups in total. The topological polar surface area (TPSA) is 67.4 Å². The van der Waals surface area contributed by atoms with Gasteiger partial charge in [-0.3, -0.25) is 10.1 Å². The molecule has 0 unspecified atom stereocenters. The Bertz CT molecular complexity index is 654. The number of benzene rings is 2. The molecule has 0 saturated heterocycles. The molecule has 0 saturated carbocycles. The molecule has 0 radical (unpaired) electrons. The van der Waals surface area contributed by atoms with Crippen molar-refractivity contribution in [3.05, 3.63) is 59.7 Å². The summed E-state index contributed by atoms with van der Waals surface area (Å²) in [6.07, 6.45) is -0.602. The minimum Gasteiger partial charge on any atom is -0.410 e. The number of rotatable bonds is 3. The van der Waals surface area contributed by atoms with Gasteiger partial charge in [-0.15, -0.1) is 0 Å². The van der Waals surface area contributed by atoms with Crippen molar-refractivity contribution in [2.24, 2.45) is 0 Å². The van der Waals surface area contributed by atoms with Gasteiger partial charge < -0.3 is 10.1 Å². The Balaban J connectivity index is 2.10. The Kier molecular flexibility index (Phi) is 4.56. The van der Waals surface area contributed by atoms with E-state index in [0.717, 1.165) is 5.56 Å². The van der Waals surface area contributed by atoms with Crippen LogP contribution in [-0.4, -0.2) is 19.0 Å². The summed E-state index contributed by atoms with van der Waals surface area (Å²) in [4.78, 5) is 23.4. The maximum atomic E-state index is 11.8. The summed E-state index contributed by atoms with van der Waals surface area (Å²) in [7, 11) is 1.56. The highest BCUT2D eigenvalue weighted by atomic mass is 16.6. The molecular weight excluding hydrogens is 268 g/mol. The molecule has 0 atom stereocenters. The van der Waals surface area contributed by atoms with Crippen LogP contribution in [-0.2, 0) is 0 Å². The number of hydrogen-bond donors (Lipinski definition) is 2. The third kappa shape index (κ3) is 4.07. The van der Waals surface area contributed by atoms with Crippen molar-refractivity contribution in [2.75, 3.05) is 12.4 Å². The molecule has 0 heterocycles. The van der Waals surface area contributed by atoms with E-state index in [2.05, 4.69) is 10.6 Å². The third-order valence-electron chi connectivity index (χ3n) is 2.77. The van der Waals surface area contributed by atoms with Crippen molar-refractivity contribution in [3.8, 4) is 5.75 Å². The molecular formula is C16H16N2O3. The molecule has 0 aliphatic carbocycles. The van der Waals surface area contributed by atoms with Crippen LogP contribution < -0.4 is 15.4 Å². The highest BCUT2D eigenvalue weighted by Gasteiger charge is 2.09. The molecule has 0 spiro atoms. The van der Waals surface area contributed by atoms with E-state index in [1.165, 1.54) is 0 Å². The molecule has 0 bridgehead atoms. The van der Waals surface area contributed by atoms with Crippen LogP contribution in [0, 0.1) is 6.92 Å². The van der Waals surface area contributed by atoms with E-state index in [-0.39, 0.29) is 5.91 Å². The van der Waals surface area contributed by atoms with E-state index in [1.54, 1.807) is 49.5 Å². The first-order chi connectivity index (χ1) is 10.1. The number of carbonyl (C=O) groups excluding carboxylic acids is 2. The van der Waals surface area contributed by atoms with Gasteiger partial charge in [0.15, 0.2) is 0 Å². The van der Waals surface area contributed by atoms with E-state index in [1.807, 2.05) is 13.0 Å². The summed E-state index contributed by atoms with van der Waals surface area (Å²) in [6, 6.07) is 13.9. The van der Waals surface area contributed by atoms with Crippen LogP contribution in [0.2, 0.25) is 0 Å². The molecule has 2 amide bonds. The lowest BCUT2D eigenvalue weighted by atomic mass is 10.1. The predicted molar refractivity (Wildman–Crippen MR) is 80.7 cm³/mol. The standard InChI is InChI=1S/C16H16N2O3/c1-11-8-12(15(19)17-2)10-13(9-11)18-16(20)21-14-6-4-3-5-7-14/h3-10H,1-2H3,(H,17,19)(H,18,20). The van der Waals surface area contributed by atoms with E-state index in [9.17, 15) is 9.59 Å². The van der Waals surface area contributed by atoms with E-state index < -0.39 is 6.09 Å². The van der Waals surface area contributed by atoms with E-state index in [4.69, 9.17) is 4.74 Å². The van der Waals surface area contributed by atoms with Crippen LogP contribution in [0.3, 0.4) is 0 Å². The smallest absolute Gasteiger partial charge is 0.410 e. The first kappa shape index (κ1) is 14.6. The molecule has 0 aromatic heterocycles. The Labute approximate surface area is 122 Å². The Hall–Kier alpha value is -2.82. The number of nitrogens with one attached hydrogen (secondary N) is 2. The lowest BCUT2D eigenvalue weighted by Gasteiger charge is -2.09. The minimum absolute atomic E-state index is 0.210. The summed E-state index contributed by atoms with van der Waals surface area (Å²) in [5, 5.41) is 5.16. The summed E-state index contributed by atoms with van der Waals surface area (Å²) >= 11 is 0. The van der Waals surface area contributed by atoms with Crippen molar-refractivity contribution < 1.29 is 14.3 Å². The second-order valence-electron chi connectivity index (χ2n) is 4.49. The predicted octanol–water partition coefficient (Wildman–Crippen LogP) is 2.97. The largest absolute Gasteiger partial charge is 0.417 e. The number of para-hydroxylation sites is 1. The summed E-state index contributed by atoms with van der Waals surface area (Å²) < 4.78 is 5.13. The Morgan fingerprint density at radius 3 is 2.43 bits per heavy atom. The van der Waals surface area contributed by atoms with Crippen molar-refractivity contribution >= 4 is 17.7 Å². The molecule has 5 heteroatoms. The van der Waals surface area contributed by atoms with Gasteiger partial charge in [-0.2, -0.15) is 0 Å². The molecule has 2 aromatic rings. The highest BCUT2D eigenvalue weighted by molar-refractivity contribution is 5.96. The minimum atomic E-state index is -0.602. The van der Waals surface area contributed by atoms with Crippen LogP contribution in [0.1, 0.15) is 15.9 Å². The summed E-state index contributed by atoms with van der Waals surface area (Å²) in [5.41, 5.74) is 1.85. The second-order valence-corrected chi connectivity index (χ2v) is 4.49. The second kappa shape index (κ2) is 6.56. The molecule has 0 fully saturated rings. The van der Waals surface area contributed by atoms with Gasteiger partial charge in [-0.1, -0.05) is 18.2 Å². The lowest BCUT2D eigenvalue weighted by molar-refractivity contribution is 0.0963. The van der Waals surface area contributed by atoms with Crippen molar-refractivity contribution in [1.29, 1.82) is 0 Å². The SMILES string of the molecule is CNC(=O)c1cc(C)cc(NC(=O)Oc2ccccc2)c1. The van der Waals surface area contributed by atoms with Crippen LogP contribution >= 0.6 is 0 Å². The van der Waals surface area contributed by atoms with Crippen LogP contribution in [0.5, 0.6) is 5.75 Å². The fourth-order valence-electron chi connectivity index (χ4n) is 1.87. The average molecular weight is 284 g/mol. The summed E-state index contributed by atoms with van der Waals surface area (Å²) in [5.74, 6) is 0.243. The Morgan fingerprint density at radius 1 is 1.05 bits per heavy atom. The first-order valence-electron chi connectivity index (χ1n) is 6.46. The normalized spacial score (nSPS) is 9.81. The zero-order valence-electron chi connectivity index (χ0n) is 11.8. The van der Waals surface area contributed by atoms with Gasteiger partial charge in [-0.25, -0.2) is 4.79 Å². The van der Waals surface area contributed by atoms with Gasteiger partial charge in [0, 0.05) is 18.3 Å². The third-order valence-corrected chi connectivity index (χ3v) is 2.77. The fourth-order valence-corrected chi connectivity index (χ4v) is 1.87. The lowest BCUT2D eigenvalue weighted by Crippen LogP contribution is -2.20. The number of amides is 2. The quantitative estimate of drug-likeness (QED) is 0.910. The van der Waals surface area contributed by atoms with Gasteiger partial charge in [0.1, 0.15) is 5.75 Å². The molecule has 0 aliphatic rings. The fraction of sp³-hybridized carbons (Fsp3) is 0.125. The van der Waals surface area contributed by atoms with Crippen molar-refractivity contribution in [1.82, 2.24) is 5.32 Å². The molecule has 21 heavy (non-hydrogen) atoms. The monoisotopic (exact) mass is 284 g/mol. The van der Waals surface area contributed by atoms with Crippen LogP contribution in [0.25, 0.3) is 0 Å². The van der Waals surface area contributed by atoms with Crippen LogP contribution in [0.4, 0.5) is 10.5 Å². The molecule has 2 aromatic carbocycles. The van der Waals surface area contributed by atoms with Crippen molar-refractivity contribution in [2.45, 2.75) is 6.92 Å². The Morgan fingerprint density at radius 2 is 1.76 bits per heavy atom. The van der Waals surface area contributed by atoms with Gasteiger partial charge in [0.25, 0.3) is 5.91 Å². The highest BCUT2D eigenvalue weighted by Crippen LogP contribution is 2.16. The van der Waals surface area contributed by atoms with Gasteiger partial charge in [-0.05, 0) is 42.8 Å². The zero-order chi connectivity index (χ0) is 15.2. The molecule has 0 aliphatic heterocycles. The van der Waals surface area contributed by atoms with Crippen molar-refractivity contribution in [3.63, 3.8) is 0 Å². The molecule has 108 valence electrons. The molecule has 2 rings (SSSR count). The van der Waals surface area contributed by atoms with Gasteiger partial charge >= 0.3 is 6.09 Å². The van der Waals surface area contributed by atoms with E-state index >= 15 is 0 Å². The zero-order valence-corrected chi connectivity index (χ0v) is 11.8. The summed E-state index contributed by atoms with van der Waals surface area (Å²) in [6.45, 7) is 1.85. The first-order valence-corrected chi connectivity index (χ1v) is 6.46. The number of anilines is 1. The molecule has 5 nitrogen and oxygen atoms in total. The average Bonchev–Trinajstić information content (AvgIpc) is 2.46. The maximum Gasteiger partial charge on any atom is 0.417 e. The van der Waals surface area contributed by atoms with E-state index in [0.29, 0.717) is 17.0 Å². The van der Waals surface area contributed by atoms with Gasteiger partial charge in [0.05, 0.1) is 0 Å². The number of carbonyl (C=O) groups is 2. The number of ether oxygens (including phenoxy) is 1. The maximum absolute atomic E-state index is 11.8. The number of aryl methyl sites for hydroxylation is 1. The van der Waals surface area contributed by atoms with Gasteiger partial charge in [0.2, 0.25) is 0 Å². The number of hydrogen-bond acceptors (Lipinski definition) is 3.